The van der Waals surface area contributed by atoms with Crippen LogP contribution in [0.2, 0.25) is 0 Å². The zero-order valence-electron chi connectivity index (χ0n) is 22.0. The van der Waals surface area contributed by atoms with E-state index in [2.05, 4.69) is 10.6 Å². The van der Waals surface area contributed by atoms with Crippen LogP contribution in [0.4, 0.5) is 13.2 Å². The molecular formula is C32H27F3N2O4. The number of carbonyl (C=O) groups excluding carboxylic acids is 2. The summed E-state index contributed by atoms with van der Waals surface area (Å²) in [4.78, 5) is 35.6. The van der Waals surface area contributed by atoms with Gasteiger partial charge in [0.25, 0.3) is 5.91 Å². The van der Waals surface area contributed by atoms with Gasteiger partial charge in [-0.1, -0.05) is 72.8 Å². The highest BCUT2D eigenvalue weighted by Crippen LogP contribution is 2.31. The topological polar surface area (TPSA) is 95.5 Å². The first-order valence-electron chi connectivity index (χ1n) is 12.7. The predicted molar refractivity (Wildman–Crippen MR) is 149 cm³/mol. The van der Waals surface area contributed by atoms with Crippen molar-refractivity contribution < 1.29 is 32.7 Å². The fourth-order valence-electron chi connectivity index (χ4n) is 4.28. The molecule has 0 aliphatic rings. The van der Waals surface area contributed by atoms with Crippen LogP contribution in [0.15, 0.2) is 97.1 Å². The lowest BCUT2D eigenvalue weighted by molar-refractivity contribution is -0.138. The average molecular weight is 561 g/mol. The minimum absolute atomic E-state index is 0.108. The monoisotopic (exact) mass is 560 g/mol. The van der Waals surface area contributed by atoms with Crippen molar-refractivity contribution in [3.8, 4) is 22.3 Å². The van der Waals surface area contributed by atoms with Crippen LogP contribution in [0.25, 0.3) is 22.3 Å². The van der Waals surface area contributed by atoms with Crippen LogP contribution in [0.1, 0.15) is 46.4 Å². The van der Waals surface area contributed by atoms with E-state index in [1.165, 1.54) is 19.1 Å². The third-order valence-electron chi connectivity index (χ3n) is 6.52. The second kappa shape index (κ2) is 12.5. The largest absolute Gasteiger partial charge is 0.481 e. The van der Waals surface area contributed by atoms with Gasteiger partial charge in [-0.2, -0.15) is 13.2 Å². The first-order chi connectivity index (χ1) is 19.5. The fraction of sp³-hybridized carbons (Fsp3) is 0.156. The molecule has 2 amide bonds. The molecule has 0 aliphatic heterocycles. The van der Waals surface area contributed by atoms with Gasteiger partial charge in [-0.05, 0) is 57.6 Å². The second-order valence-corrected chi connectivity index (χ2v) is 9.51. The standard InChI is InChI=1S/C32H27F3N2O4/c1-20(38)36-19-21-2-4-22(5-3-21)23-6-10-26(11-7-23)29(18-30(39)40)37-31(41)27-12-8-24(9-13-27)25-14-16-28(17-15-25)32(33,34)35/h2-17,29H,18-19H2,1H3,(H,36,38)(H,37,41)(H,39,40). The van der Waals surface area contributed by atoms with Crippen LogP contribution in [0, 0.1) is 0 Å². The lowest BCUT2D eigenvalue weighted by Crippen LogP contribution is -2.30. The third-order valence-corrected chi connectivity index (χ3v) is 6.52. The number of hydrogen-bond acceptors (Lipinski definition) is 3. The van der Waals surface area contributed by atoms with Crippen molar-refractivity contribution in [2.45, 2.75) is 32.1 Å². The van der Waals surface area contributed by atoms with Crippen LogP contribution < -0.4 is 10.6 Å². The number of alkyl halides is 3. The Balaban J connectivity index is 1.45. The van der Waals surface area contributed by atoms with Crippen LogP contribution in [-0.4, -0.2) is 22.9 Å². The van der Waals surface area contributed by atoms with E-state index in [1.54, 1.807) is 36.4 Å². The van der Waals surface area contributed by atoms with E-state index in [4.69, 9.17) is 0 Å². The van der Waals surface area contributed by atoms with E-state index < -0.39 is 29.7 Å². The molecular weight excluding hydrogens is 533 g/mol. The summed E-state index contributed by atoms with van der Waals surface area (Å²) in [7, 11) is 0. The molecule has 6 nitrogen and oxygen atoms in total. The molecule has 0 heterocycles. The zero-order chi connectivity index (χ0) is 29.6. The summed E-state index contributed by atoms with van der Waals surface area (Å²) >= 11 is 0. The Bertz CT molecular complexity index is 1510. The van der Waals surface area contributed by atoms with Gasteiger partial charge in [0.1, 0.15) is 0 Å². The number of aliphatic carboxylic acids is 1. The van der Waals surface area contributed by atoms with Crippen molar-refractivity contribution >= 4 is 17.8 Å². The van der Waals surface area contributed by atoms with Crippen LogP contribution in [0.3, 0.4) is 0 Å². The highest BCUT2D eigenvalue weighted by molar-refractivity contribution is 5.95. The van der Waals surface area contributed by atoms with Crippen molar-refractivity contribution in [1.82, 2.24) is 10.6 Å². The molecule has 0 aliphatic carbocycles. The molecule has 3 N–H and O–H groups in total. The fourth-order valence-corrected chi connectivity index (χ4v) is 4.28. The molecule has 210 valence electrons. The van der Waals surface area contributed by atoms with E-state index in [1.807, 2.05) is 36.4 Å². The highest BCUT2D eigenvalue weighted by Gasteiger charge is 2.30. The minimum atomic E-state index is -4.42. The average Bonchev–Trinajstić information content (AvgIpc) is 2.95. The molecule has 0 bridgehead atoms. The van der Waals surface area contributed by atoms with Crippen molar-refractivity contribution in [1.29, 1.82) is 0 Å². The Morgan fingerprint density at radius 2 is 1.20 bits per heavy atom. The highest BCUT2D eigenvalue weighted by atomic mass is 19.4. The first-order valence-corrected chi connectivity index (χ1v) is 12.7. The maximum atomic E-state index is 13.0. The molecule has 0 radical (unpaired) electrons. The number of benzene rings is 4. The zero-order valence-corrected chi connectivity index (χ0v) is 22.0. The van der Waals surface area contributed by atoms with Gasteiger partial charge in [0.15, 0.2) is 0 Å². The summed E-state index contributed by atoms with van der Waals surface area (Å²) in [5, 5.41) is 15.0. The summed E-state index contributed by atoms with van der Waals surface area (Å²) in [6.07, 6.45) is -4.75. The molecule has 4 aromatic rings. The number of halogens is 3. The maximum absolute atomic E-state index is 13.0. The Kier molecular flexibility index (Phi) is 8.87. The van der Waals surface area contributed by atoms with Gasteiger partial charge < -0.3 is 15.7 Å². The molecule has 9 heteroatoms. The van der Waals surface area contributed by atoms with Gasteiger partial charge in [-0.15, -0.1) is 0 Å². The second-order valence-electron chi connectivity index (χ2n) is 9.51. The number of hydrogen-bond donors (Lipinski definition) is 3. The van der Waals surface area contributed by atoms with Gasteiger partial charge in [0.05, 0.1) is 18.0 Å². The molecule has 41 heavy (non-hydrogen) atoms. The molecule has 0 spiro atoms. The molecule has 4 rings (SSSR count). The third kappa shape index (κ3) is 7.82. The van der Waals surface area contributed by atoms with Crippen LogP contribution in [0.5, 0.6) is 0 Å². The number of nitrogens with one attached hydrogen (secondary N) is 2. The van der Waals surface area contributed by atoms with Crippen molar-refractivity contribution in [2.24, 2.45) is 0 Å². The normalized spacial score (nSPS) is 11.9. The van der Waals surface area contributed by atoms with Crippen LogP contribution >= 0.6 is 0 Å². The van der Waals surface area contributed by atoms with Crippen molar-refractivity contribution in [3.05, 3.63) is 119 Å². The van der Waals surface area contributed by atoms with Gasteiger partial charge in [0, 0.05) is 19.0 Å². The molecule has 0 aromatic heterocycles. The Morgan fingerprint density at radius 3 is 1.66 bits per heavy atom. The van der Waals surface area contributed by atoms with E-state index in [0.29, 0.717) is 23.2 Å². The summed E-state index contributed by atoms with van der Waals surface area (Å²) < 4.78 is 38.5. The van der Waals surface area contributed by atoms with Crippen LogP contribution in [-0.2, 0) is 22.3 Å². The SMILES string of the molecule is CC(=O)NCc1ccc(-c2ccc(C(CC(=O)O)NC(=O)c3ccc(-c4ccc(C(F)(F)F)cc4)cc3)cc2)cc1. The Morgan fingerprint density at radius 1 is 0.732 bits per heavy atom. The summed E-state index contributed by atoms with van der Waals surface area (Å²) in [6, 6.07) is 25.2. The maximum Gasteiger partial charge on any atom is 0.416 e. The minimum Gasteiger partial charge on any atom is -0.481 e. The lowest BCUT2D eigenvalue weighted by Gasteiger charge is -2.18. The van der Waals surface area contributed by atoms with E-state index in [9.17, 15) is 32.7 Å². The first kappa shape index (κ1) is 29.1. The molecule has 0 saturated heterocycles. The Labute approximate surface area is 234 Å². The summed E-state index contributed by atoms with van der Waals surface area (Å²) in [5.74, 6) is -1.66. The summed E-state index contributed by atoms with van der Waals surface area (Å²) in [6.45, 7) is 1.89. The van der Waals surface area contributed by atoms with Gasteiger partial charge in [0.2, 0.25) is 5.91 Å². The molecule has 4 aromatic carbocycles. The molecule has 0 saturated carbocycles. The summed E-state index contributed by atoms with van der Waals surface area (Å²) in [5.41, 5.74) is 4.16. The van der Waals surface area contributed by atoms with Gasteiger partial charge in [-0.25, -0.2) is 0 Å². The van der Waals surface area contributed by atoms with E-state index in [-0.39, 0.29) is 17.9 Å². The van der Waals surface area contributed by atoms with E-state index in [0.717, 1.165) is 28.8 Å². The van der Waals surface area contributed by atoms with Crippen molar-refractivity contribution in [2.75, 3.05) is 0 Å². The molecule has 1 atom stereocenters. The molecule has 1 unspecified atom stereocenters. The Hall–Kier alpha value is -4.92. The van der Waals surface area contributed by atoms with Gasteiger partial charge in [-0.3, -0.25) is 14.4 Å². The quantitative estimate of drug-likeness (QED) is 0.214. The number of amides is 2. The van der Waals surface area contributed by atoms with Crippen molar-refractivity contribution in [3.63, 3.8) is 0 Å². The van der Waals surface area contributed by atoms with Gasteiger partial charge >= 0.3 is 12.1 Å². The van der Waals surface area contributed by atoms with E-state index >= 15 is 0 Å². The lowest BCUT2D eigenvalue weighted by atomic mass is 9.98. The number of carboxylic acid groups (broad SMARTS) is 1. The number of rotatable bonds is 9. The number of carbonyl (C=O) groups is 3. The molecule has 0 fully saturated rings. The smallest absolute Gasteiger partial charge is 0.416 e. The predicted octanol–water partition coefficient (Wildman–Crippen LogP) is 6.62. The number of carboxylic acids is 1.